The minimum Gasteiger partial charge on any atom is -0.439 e. The fourth-order valence-corrected chi connectivity index (χ4v) is 2.93. The molecule has 25 heavy (non-hydrogen) atoms. The van der Waals surface area contributed by atoms with E-state index in [2.05, 4.69) is 15.3 Å². The number of ether oxygens (including phenoxy) is 1. The Kier molecular flexibility index (Phi) is 3.85. The number of rotatable bonds is 3. The van der Waals surface area contributed by atoms with E-state index < -0.39 is 12.2 Å². The Morgan fingerprint density at radius 1 is 1.04 bits per heavy atom. The van der Waals surface area contributed by atoms with Crippen LogP contribution in [0.3, 0.4) is 0 Å². The lowest BCUT2D eigenvalue weighted by Gasteiger charge is -2.17. The number of hydrogen-bond donors (Lipinski definition) is 1. The summed E-state index contributed by atoms with van der Waals surface area (Å²) in [6, 6.07) is 13.2. The first-order valence-electron chi connectivity index (χ1n) is 7.80. The van der Waals surface area contributed by atoms with Crippen LogP contribution in [0.4, 0.5) is 9.18 Å². The highest BCUT2D eigenvalue weighted by atomic mass is 19.1. The molecular formula is C19H14FN3O2. The summed E-state index contributed by atoms with van der Waals surface area (Å²) in [7, 11) is 0. The van der Waals surface area contributed by atoms with Gasteiger partial charge in [-0.3, -0.25) is 9.97 Å². The van der Waals surface area contributed by atoms with Crippen molar-refractivity contribution < 1.29 is 13.9 Å². The minimum atomic E-state index is -0.483. The molecule has 1 fully saturated rings. The Bertz CT molecular complexity index is 917. The molecule has 0 aliphatic carbocycles. The topological polar surface area (TPSA) is 64.1 Å². The monoisotopic (exact) mass is 335 g/mol. The second-order valence-corrected chi connectivity index (χ2v) is 5.72. The molecule has 124 valence electrons. The van der Waals surface area contributed by atoms with Gasteiger partial charge in [0.15, 0.2) is 6.10 Å². The van der Waals surface area contributed by atoms with E-state index in [-0.39, 0.29) is 11.9 Å². The minimum absolute atomic E-state index is 0.324. The fourth-order valence-electron chi connectivity index (χ4n) is 2.93. The maximum Gasteiger partial charge on any atom is 0.408 e. The zero-order valence-corrected chi connectivity index (χ0v) is 13.1. The maximum atomic E-state index is 13.5. The lowest BCUT2D eigenvalue weighted by molar-refractivity contribution is 0.132. The Hall–Kier alpha value is -3.28. The van der Waals surface area contributed by atoms with E-state index in [0.717, 1.165) is 11.1 Å². The Labute approximate surface area is 143 Å². The number of halogens is 1. The van der Waals surface area contributed by atoms with Crippen LogP contribution in [-0.2, 0) is 4.74 Å². The van der Waals surface area contributed by atoms with E-state index in [1.165, 1.54) is 12.1 Å². The summed E-state index contributed by atoms with van der Waals surface area (Å²) in [6.45, 7) is 0. The normalized spacial score (nSPS) is 19.3. The summed E-state index contributed by atoms with van der Waals surface area (Å²) in [6.07, 6.45) is 4.01. The molecule has 0 spiro atoms. The molecule has 1 amide bonds. The Morgan fingerprint density at radius 2 is 1.96 bits per heavy atom. The van der Waals surface area contributed by atoms with Crippen LogP contribution in [-0.4, -0.2) is 16.1 Å². The van der Waals surface area contributed by atoms with Gasteiger partial charge in [0.25, 0.3) is 0 Å². The van der Waals surface area contributed by atoms with Crippen LogP contribution in [0, 0.1) is 5.82 Å². The third-order valence-electron chi connectivity index (χ3n) is 4.09. The third kappa shape index (κ3) is 3.06. The van der Waals surface area contributed by atoms with Crippen molar-refractivity contribution in [1.29, 1.82) is 0 Å². The van der Waals surface area contributed by atoms with E-state index in [1.54, 1.807) is 36.8 Å². The summed E-state index contributed by atoms with van der Waals surface area (Å²) >= 11 is 0. The first-order valence-corrected chi connectivity index (χ1v) is 7.80. The third-order valence-corrected chi connectivity index (χ3v) is 4.09. The molecule has 0 bridgehead atoms. The zero-order valence-electron chi connectivity index (χ0n) is 13.1. The number of hydrogen-bond acceptors (Lipinski definition) is 4. The number of carbonyl (C=O) groups excluding carboxylic acids is 1. The molecule has 1 aliphatic rings. The summed E-state index contributed by atoms with van der Waals surface area (Å²) in [5, 5.41) is 2.82. The molecule has 0 unspecified atom stereocenters. The van der Waals surface area contributed by atoms with Crippen LogP contribution < -0.4 is 5.32 Å². The first kappa shape index (κ1) is 15.3. The van der Waals surface area contributed by atoms with E-state index in [1.807, 2.05) is 18.2 Å². The second-order valence-electron chi connectivity index (χ2n) is 5.72. The predicted octanol–water partition coefficient (Wildman–Crippen LogP) is 3.80. The zero-order chi connectivity index (χ0) is 17.2. The highest BCUT2D eigenvalue weighted by molar-refractivity contribution is 5.71. The molecule has 5 nitrogen and oxygen atoms in total. The van der Waals surface area contributed by atoms with Crippen molar-refractivity contribution in [3.63, 3.8) is 0 Å². The van der Waals surface area contributed by atoms with Gasteiger partial charge in [0.05, 0.1) is 11.7 Å². The summed E-state index contributed by atoms with van der Waals surface area (Å²) in [4.78, 5) is 20.2. The number of pyridine rings is 2. The van der Waals surface area contributed by atoms with E-state index in [9.17, 15) is 9.18 Å². The van der Waals surface area contributed by atoms with Gasteiger partial charge >= 0.3 is 6.09 Å². The fraction of sp³-hybridized carbons (Fsp3) is 0.105. The number of amides is 1. The molecule has 1 N–H and O–H groups in total. The summed E-state index contributed by atoms with van der Waals surface area (Å²) in [5.41, 5.74) is 2.93. The van der Waals surface area contributed by atoms with Crippen LogP contribution in [0.25, 0.3) is 11.3 Å². The molecular weight excluding hydrogens is 321 g/mol. The van der Waals surface area contributed by atoms with Gasteiger partial charge in [-0.2, -0.15) is 0 Å². The van der Waals surface area contributed by atoms with Gasteiger partial charge in [0, 0.05) is 29.7 Å². The van der Waals surface area contributed by atoms with E-state index in [0.29, 0.717) is 11.3 Å². The molecule has 1 aliphatic heterocycles. The van der Waals surface area contributed by atoms with E-state index >= 15 is 0 Å². The maximum absolute atomic E-state index is 13.5. The standard InChI is InChI=1S/C19H14FN3O2/c20-15-5-1-3-12(9-15)16-10-13(6-8-22-16)17-18(25-19(24)23-17)14-4-2-7-21-11-14/h1-11,17-18H,(H,23,24)/t17-,18-/m1/s1. The Morgan fingerprint density at radius 3 is 2.76 bits per heavy atom. The van der Waals surface area contributed by atoms with Crippen molar-refractivity contribution in [2.75, 3.05) is 0 Å². The number of nitrogens with zero attached hydrogens (tertiary/aromatic N) is 2. The quantitative estimate of drug-likeness (QED) is 0.790. The smallest absolute Gasteiger partial charge is 0.408 e. The largest absolute Gasteiger partial charge is 0.439 e. The molecule has 0 saturated carbocycles. The van der Waals surface area contributed by atoms with Crippen molar-refractivity contribution in [1.82, 2.24) is 15.3 Å². The van der Waals surface area contributed by atoms with Crippen molar-refractivity contribution in [2.45, 2.75) is 12.1 Å². The van der Waals surface area contributed by atoms with Gasteiger partial charge < -0.3 is 10.1 Å². The lowest BCUT2D eigenvalue weighted by Crippen LogP contribution is -2.19. The average molecular weight is 335 g/mol. The van der Waals surface area contributed by atoms with Crippen molar-refractivity contribution in [3.05, 3.63) is 84.1 Å². The molecule has 4 rings (SSSR count). The number of benzene rings is 1. The highest BCUT2D eigenvalue weighted by Gasteiger charge is 2.36. The van der Waals surface area contributed by atoms with E-state index in [4.69, 9.17) is 4.74 Å². The molecule has 3 heterocycles. The van der Waals surface area contributed by atoms with Crippen LogP contribution in [0.5, 0.6) is 0 Å². The SMILES string of the molecule is O=C1N[C@H](c2ccnc(-c3cccc(F)c3)c2)[C@@H](c2cccnc2)O1. The van der Waals surface area contributed by atoms with Crippen LogP contribution >= 0.6 is 0 Å². The number of cyclic esters (lactones) is 1. The molecule has 1 saturated heterocycles. The van der Waals surface area contributed by atoms with Gasteiger partial charge in [0.2, 0.25) is 0 Å². The van der Waals surface area contributed by atoms with Gasteiger partial charge in [0.1, 0.15) is 5.82 Å². The van der Waals surface area contributed by atoms with Crippen molar-refractivity contribution in [2.24, 2.45) is 0 Å². The number of alkyl carbamates (subject to hydrolysis) is 1. The van der Waals surface area contributed by atoms with Crippen molar-refractivity contribution >= 4 is 6.09 Å². The average Bonchev–Trinajstić information content (AvgIpc) is 3.04. The van der Waals surface area contributed by atoms with Crippen LogP contribution in [0.1, 0.15) is 23.3 Å². The molecule has 6 heteroatoms. The first-order chi connectivity index (χ1) is 12.2. The molecule has 0 radical (unpaired) electrons. The van der Waals surface area contributed by atoms with Crippen LogP contribution in [0.2, 0.25) is 0 Å². The highest BCUT2D eigenvalue weighted by Crippen LogP contribution is 2.37. The van der Waals surface area contributed by atoms with Gasteiger partial charge in [-0.1, -0.05) is 18.2 Å². The number of carbonyl (C=O) groups is 1. The second kappa shape index (κ2) is 6.32. The van der Waals surface area contributed by atoms with Crippen molar-refractivity contribution in [3.8, 4) is 11.3 Å². The molecule has 2 atom stereocenters. The number of nitrogens with one attached hydrogen (secondary N) is 1. The Balaban J connectivity index is 1.71. The predicted molar refractivity (Wildman–Crippen MR) is 89.0 cm³/mol. The van der Waals surface area contributed by atoms with Gasteiger partial charge in [-0.15, -0.1) is 0 Å². The van der Waals surface area contributed by atoms with Gasteiger partial charge in [-0.05, 0) is 35.9 Å². The van der Waals surface area contributed by atoms with Crippen LogP contribution in [0.15, 0.2) is 67.1 Å². The lowest BCUT2D eigenvalue weighted by atomic mass is 9.97. The molecule has 1 aromatic carbocycles. The summed E-state index contributed by atoms with van der Waals surface area (Å²) < 4.78 is 18.9. The molecule has 3 aromatic rings. The summed E-state index contributed by atoms with van der Waals surface area (Å²) in [5.74, 6) is -0.324. The number of aromatic nitrogens is 2. The molecule has 2 aromatic heterocycles. The van der Waals surface area contributed by atoms with Gasteiger partial charge in [-0.25, -0.2) is 9.18 Å².